The normalized spacial score (nSPS) is 12.0. The third kappa shape index (κ3) is 2.34. The van der Waals surface area contributed by atoms with Crippen LogP contribution in [-0.2, 0) is 6.54 Å². The SMILES string of the molecule is CC(C)(C)Cn1c(=O)[nH]c2ccc(F)cc2c1=O. The molecule has 0 unspecified atom stereocenters. The van der Waals surface area contributed by atoms with Crippen LogP contribution in [0.15, 0.2) is 27.8 Å². The molecule has 1 heterocycles. The van der Waals surface area contributed by atoms with Crippen molar-refractivity contribution >= 4 is 10.9 Å². The number of benzene rings is 1. The average molecular weight is 250 g/mol. The van der Waals surface area contributed by atoms with Crippen molar-refractivity contribution in [2.45, 2.75) is 27.3 Å². The van der Waals surface area contributed by atoms with Crippen molar-refractivity contribution in [2.24, 2.45) is 5.41 Å². The minimum absolute atomic E-state index is 0.193. The molecule has 0 aliphatic rings. The second kappa shape index (κ2) is 4.08. The van der Waals surface area contributed by atoms with Gasteiger partial charge in [-0.05, 0) is 23.6 Å². The molecule has 0 radical (unpaired) electrons. The van der Waals surface area contributed by atoms with Crippen LogP contribution in [0, 0.1) is 11.2 Å². The predicted octanol–water partition coefficient (Wildman–Crippen LogP) is 1.87. The van der Waals surface area contributed by atoms with Gasteiger partial charge in [-0.15, -0.1) is 0 Å². The van der Waals surface area contributed by atoms with Crippen LogP contribution in [0.3, 0.4) is 0 Å². The van der Waals surface area contributed by atoms with Crippen molar-refractivity contribution in [1.82, 2.24) is 9.55 Å². The monoisotopic (exact) mass is 250 g/mol. The van der Waals surface area contributed by atoms with Gasteiger partial charge in [-0.25, -0.2) is 9.18 Å². The number of hydrogen-bond acceptors (Lipinski definition) is 2. The number of nitrogens with zero attached hydrogens (tertiary/aromatic N) is 1. The Morgan fingerprint density at radius 1 is 1.28 bits per heavy atom. The molecule has 18 heavy (non-hydrogen) atoms. The molecule has 5 heteroatoms. The van der Waals surface area contributed by atoms with Gasteiger partial charge in [0, 0.05) is 6.54 Å². The van der Waals surface area contributed by atoms with Gasteiger partial charge < -0.3 is 4.98 Å². The summed E-state index contributed by atoms with van der Waals surface area (Å²) in [6.45, 7) is 6.06. The predicted molar refractivity (Wildman–Crippen MR) is 68.2 cm³/mol. The molecule has 0 saturated heterocycles. The molecule has 0 saturated carbocycles. The minimum Gasteiger partial charge on any atom is -0.307 e. The molecule has 0 amide bonds. The molecule has 2 aromatic rings. The van der Waals surface area contributed by atoms with Gasteiger partial charge in [0.15, 0.2) is 0 Å². The Hall–Kier alpha value is -1.91. The highest BCUT2D eigenvalue weighted by molar-refractivity contribution is 5.77. The van der Waals surface area contributed by atoms with Gasteiger partial charge in [-0.1, -0.05) is 20.8 Å². The quantitative estimate of drug-likeness (QED) is 0.840. The van der Waals surface area contributed by atoms with E-state index in [0.29, 0.717) is 5.52 Å². The lowest BCUT2D eigenvalue weighted by Crippen LogP contribution is -2.38. The smallest absolute Gasteiger partial charge is 0.307 e. The largest absolute Gasteiger partial charge is 0.328 e. The van der Waals surface area contributed by atoms with Gasteiger partial charge in [0.1, 0.15) is 5.82 Å². The Labute approximate surface area is 103 Å². The fourth-order valence-electron chi connectivity index (χ4n) is 1.84. The maximum Gasteiger partial charge on any atom is 0.328 e. The van der Waals surface area contributed by atoms with E-state index in [0.717, 1.165) is 10.6 Å². The summed E-state index contributed by atoms with van der Waals surface area (Å²) in [6.07, 6.45) is 0. The Balaban J connectivity index is 2.76. The Morgan fingerprint density at radius 3 is 2.56 bits per heavy atom. The molecule has 0 atom stereocenters. The van der Waals surface area contributed by atoms with Gasteiger partial charge in [0.05, 0.1) is 10.9 Å². The maximum absolute atomic E-state index is 13.1. The van der Waals surface area contributed by atoms with Crippen LogP contribution in [0.4, 0.5) is 4.39 Å². The molecule has 1 N–H and O–H groups in total. The summed E-state index contributed by atoms with van der Waals surface area (Å²) in [4.78, 5) is 26.6. The van der Waals surface area contributed by atoms with Crippen LogP contribution in [0.5, 0.6) is 0 Å². The molecule has 96 valence electrons. The van der Waals surface area contributed by atoms with Crippen molar-refractivity contribution in [3.8, 4) is 0 Å². The van der Waals surface area contributed by atoms with Gasteiger partial charge in [-0.3, -0.25) is 9.36 Å². The maximum atomic E-state index is 13.1. The third-order valence-electron chi connectivity index (χ3n) is 2.58. The molecule has 4 nitrogen and oxygen atoms in total. The van der Waals surface area contributed by atoms with E-state index in [1.807, 2.05) is 20.8 Å². The zero-order valence-corrected chi connectivity index (χ0v) is 10.6. The number of halogens is 1. The molecule has 1 aromatic heterocycles. The van der Waals surface area contributed by atoms with Crippen LogP contribution in [0.1, 0.15) is 20.8 Å². The first kappa shape index (κ1) is 12.5. The topological polar surface area (TPSA) is 54.9 Å². The second-order valence-electron chi connectivity index (χ2n) is 5.57. The molecular formula is C13H15FN2O2. The van der Waals surface area contributed by atoms with E-state index in [1.165, 1.54) is 12.1 Å². The van der Waals surface area contributed by atoms with Gasteiger partial charge in [0.25, 0.3) is 5.56 Å². The van der Waals surface area contributed by atoms with Crippen molar-refractivity contribution < 1.29 is 4.39 Å². The molecule has 2 rings (SSSR count). The van der Waals surface area contributed by atoms with E-state index in [-0.39, 0.29) is 17.3 Å². The van der Waals surface area contributed by atoms with E-state index >= 15 is 0 Å². The fourth-order valence-corrected chi connectivity index (χ4v) is 1.84. The van der Waals surface area contributed by atoms with E-state index in [2.05, 4.69) is 4.98 Å². The molecule has 0 aliphatic carbocycles. The van der Waals surface area contributed by atoms with E-state index in [1.54, 1.807) is 0 Å². The summed E-state index contributed by atoms with van der Waals surface area (Å²) in [5, 5.41) is 0.193. The summed E-state index contributed by atoms with van der Waals surface area (Å²) in [7, 11) is 0. The average Bonchev–Trinajstić information content (AvgIpc) is 2.24. The van der Waals surface area contributed by atoms with E-state index < -0.39 is 17.1 Å². The second-order valence-corrected chi connectivity index (χ2v) is 5.57. The number of aromatic amines is 1. The standard InChI is InChI=1S/C13H15FN2O2/c1-13(2,3)7-16-11(17)9-6-8(14)4-5-10(9)15-12(16)18/h4-6H,7H2,1-3H3,(H,15,18). The minimum atomic E-state index is -0.492. The highest BCUT2D eigenvalue weighted by atomic mass is 19.1. The number of hydrogen-bond donors (Lipinski definition) is 1. The van der Waals surface area contributed by atoms with Crippen molar-refractivity contribution in [2.75, 3.05) is 0 Å². The number of H-pyrrole nitrogens is 1. The van der Waals surface area contributed by atoms with Crippen LogP contribution in [0.25, 0.3) is 10.9 Å². The lowest BCUT2D eigenvalue weighted by molar-refractivity contribution is 0.332. The summed E-state index contributed by atoms with van der Waals surface area (Å²) < 4.78 is 14.3. The molecular weight excluding hydrogens is 235 g/mol. The fraction of sp³-hybridized carbons (Fsp3) is 0.385. The Kier molecular flexibility index (Phi) is 2.84. The zero-order valence-electron chi connectivity index (χ0n) is 10.6. The van der Waals surface area contributed by atoms with Gasteiger partial charge >= 0.3 is 5.69 Å². The van der Waals surface area contributed by atoms with Crippen LogP contribution in [0.2, 0.25) is 0 Å². The van der Waals surface area contributed by atoms with Crippen LogP contribution < -0.4 is 11.2 Å². The van der Waals surface area contributed by atoms with E-state index in [4.69, 9.17) is 0 Å². The molecule has 0 fully saturated rings. The van der Waals surface area contributed by atoms with Crippen molar-refractivity contribution in [3.63, 3.8) is 0 Å². The Bertz CT molecular complexity index is 707. The first-order valence-electron chi connectivity index (χ1n) is 5.70. The highest BCUT2D eigenvalue weighted by Gasteiger charge is 2.16. The van der Waals surface area contributed by atoms with Crippen molar-refractivity contribution in [3.05, 3.63) is 44.9 Å². The lowest BCUT2D eigenvalue weighted by Gasteiger charge is -2.19. The molecule has 1 aromatic carbocycles. The molecule has 0 aliphatic heterocycles. The summed E-state index contributed by atoms with van der Waals surface area (Å²) in [5.41, 5.74) is -0.772. The number of aromatic nitrogens is 2. The summed E-state index contributed by atoms with van der Waals surface area (Å²) in [6, 6.07) is 3.76. The molecule has 0 spiro atoms. The van der Waals surface area contributed by atoms with Gasteiger partial charge in [-0.2, -0.15) is 0 Å². The van der Waals surface area contributed by atoms with Crippen LogP contribution >= 0.6 is 0 Å². The number of fused-ring (bicyclic) bond motifs is 1. The zero-order chi connectivity index (χ0) is 13.5. The highest BCUT2D eigenvalue weighted by Crippen LogP contribution is 2.14. The molecule has 0 bridgehead atoms. The summed E-state index contributed by atoms with van der Waals surface area (Å²) in [5.74, 6) is -0.492. The number of nitrogens with one attached hydrogen (secondary N) is 1. The number of rotatable bonds is 1. The van der Waals surface area contributed by atoms with Crippen LogP contribution in [-0.4, -0.2) is 9.55 Å². The lowest BCUT2D eigenvalue weighted by atomic mass is 9.97. The first-order valence-corrected chi connectivity index (χ1v) is 5.70. The van der Waals surface area contributed by atoms with Crippen molar-refractivity contribution in [1.29, 1.82) is 0 Å². The Morgan fingerprint density at radius 2 is 1.94 bits per heavy atom. The van der Waals surface area contributed by atoms with Gasteiger partial charge in [0.2, 0.25) is 0 Å². The third-order valence-corrected chi connectivity index (χ3v) is 2.58. The first-order chi connectivity index (χ1) is 8.28. The van der Waals surface area contributed by atoms with E-state index in [9.17, 15) is 14.0 Å². The summed E-state index contributed by atoms with van der Waals surface area (Å²) >= 11 is 0.